The normalized spacial score (nSPS) is 26.2. The predicted octanol–water partition coefficient (Wildman–Crippen LogP) is 7.53. The van der Waals surface area contributed by atoms with E-state index in [4.69, 9.17) is 30.2 Å². The summed E-state index contributed by atoms with van der Waals surface area (Å²) < 4.78 is 13.3. The monoisotopic (exact) mass is 837 g/mol. The molecule has 320 valence electrons. The summed E-state index contributed by atoms with van der Waals surface area (Å²) in [7, 11) is 3.72. The number of aromatic nitrogens is 4. The number of ether oxygens (including phenoxy) is 2. The number of likely N-dealkylation sites (N-methyl/N-ethyl adjacent to an activating group) is 1. The summed E-state index contributed by atoms with van der Waals surface area (Å²) in [6, 6.07) is 9.45. The Morgan fingerprint density at radius 3 is 2.58 bits per heavy atom. The van der Waals surface area contributed by atoms with Crippen molar-refractivity contribution in [1.29, 1.82) is 0 Å². The Hall–Kier alpha value is -4.70. The molecule has 0 amide bonds. The largest absolute Gasteiger partial charge is 0.497 e. The molecule has 2 unspecified atom stereocenters. The number of aliphatic hydroxyl groups excluding tert-OH is 1. The standard InChI is InChI=1S/C45H59N9O5S/c1-28-31-9-7-15-54(39(31)52-51-38(28)50-41-48-34-19-30(58-6)10-12-35(34)60-41)36-13-11-32(37(49-36)40(56)57)33(20-46)29(2)47-27-44-22-42(3)21-43(4,23-44)25-45(24-42,26-44)59-18-16-53(5)14-8-17-55/h10-13,19-20,55H,7-9,14-18,21-27,46H2,1-6H3,(H,56,57)(H,48,50,51)/b33-20+,47-29?. The van der Waals surface area contributed by atoms with Crippen molar-refractivity contribution in [2.24, 2.45) is 27.0 Å². The van der Waals surface area contributed by atoms with Gasteiger partial charge in [0.15, 0.2) is 22.5 Å². The first-order valence-corrected chi connectivity index (χ1v) is 22.0. The van der Waals surface area contributed by atoms with Crippen LogP contribution in [0.5, 0.6) is 5.75 Å². The molecular weight excluding hydrogens is 779 g/mol. The molecule has 1 aromatic carbocycles. The van der Waals surface area contributed by atoms with Crippen molar-refractivity contribution in [1.82, 2.24) is 25.1 Å². The van der Waals surface area contributed by atoms with Crippen LogP contribution in [0, 0.1) is 23.2 Å². The summed E-state index contributed by atoms with van der Waals surface area (Å²) in [6.07, 6.45) is 10.4. The molecule has 4 aliphatic carbocycles. The summed E-state index contributed by atoms with van der Waals surface area (Å²) >= 11 is 1.53. The Morgan fingerprint density at radius 1 is 1.08 bits per heavy atom. The third-order valence-corrected chi connectivity index (χ3v) is 14.2. The van der Waals surface area contributed by atoms with Crippen molar-refractivity contribution in [3.63, 3.8) is 0 Å². The van der Waals surface area contributed by atoms with Gasteiger partial charge < -0.3 is 40.5 Å². The smallest absolute Gasteiger partial charge is 0.355 e. The number of carboxylic acids is 1. The van der Waals surface area contributed by atoms with E-state index < -0.39 is 5.97 Å². The van der Waals surface area contributed by atoms with Gasteiger partial charge in [-0.3, -0.25) is 4.99 Å². The van der Waals surface area contributed by atoms with E-state index in [9.17, 15) is 15.0 Å². The number of carbonyl (C=O) groups is 1. The zero-order chi connectivity index (χ0) is 42.5. The summed E-state index contributed by atoms with van der Waals surface area (Å²) in [4.78, 5) is 31.8. The maximum absolute atomic E-state index is 12.9. The first-order chi connectivity index (χ1) is 28.7. The number of hydrogen-bond acceptors (Lipinski definition) is 14. The first-order valence-electron chi connectivity index (χ1n) is 21.2. The van der Waals surface area contributed by atoms with E-state index in [2.05, 4.69) is 41.3 Å². The van der Waals surface area contributed by atoms with E-state index in [1.54, 1.807) is 13.2 Å². The lowest BCUT2D eigenvalue weighted by molar-refractivity contribution is -0.242. The lowest BCUT2D eigenvalue weighted by atomic mass is 9.39. The van der Waals surface area contributed by atoms with Crippen molar-refractivity contribution in [3.8, 4) is 5.75 Å². The van der Waals surface area contributed by atoms with Crippen LogP contribution in [0.3, 0.4) is 0 Å². The Labute approximate surface area is 356 Å². The number of fused-ring (bicyclic) bond motifs is 2. The molecule has 2 atom stereocenters. The summed E-state index contributed by atoms with van der Waals surface area (Å²) in [6.45, 7) is 12.6. The van der Waals surface area contributed by atoms with E-state index in [0.717, 1.165) is 91.5 Å². The number of aromatic carboxylic acids is 1. The van der Waals surface area contributed by atoms with Crippen molar-refractivity contribution < 1.29 is 24.5 Å². The fourth-order valence-electron chi connectivity index (χ4n) is 11.9. The molecule has 0 saturated heterocycles. The lowest BCUT2D eigenvalue weighted by Crippen LogP contribution is -2.64. The molecule has 60 heavy (non-hydrogen) atoms. The molecular formula is C45H59N9O5S. The molecule has 5 N–H and O–H groups in total. The lowest BCUT2D eigenvalue weighted by Gasteiger charge is -2.69. The number of thiazole rings is 1. The molecule has 4 saturated carbocycles. The van der Waals surface area contributed by atoms with Gasteiger partial charge in [-0.25, -0.2) is 14.8 Å². The van der Waals surface area contributed by atoms with Crippen molar-refractivity contribution in [2.45, 2.75) is 91.1 Å². The zero-order valence-corrected chi connectivity index (χ0v) is 36.6. The van der Waals surface area contributed by atoms with Crippen LogP contribution in [0.2, 0.25) is 0 Å². The maximum atomic E-state index is 12.9. The Balaban J connectivity index is 1.01. The van der Waals surface area contributed by atoms with Crippen LogP contribution in [-0.4, -0.2) is 106 Å². The van der Waals surface area contributed by atoms with Gasteiger partial charge in [0.1, 0.15) is 11.6 Å². The minimum Gasteiger partial charge on any atom is -0.497 e. The fraction of sp³-hybridized carbons (Fsp3) is 0.556. The molecule has 0 radical (unpaired) electrons. The van der Waals surface area contributed by atoms with Crippen LogP contribution < -0.4 is 20.7 Å². The van der Waals surface area contributed by atoms with E-state index in [1.807, 2.05) is 43.0 Å². The molecule has 5 aliphatic rings. The third kappa shape index (κ3) is 8.20. The number of pyridine rings is 1. The molecule has 3 aromatic heterocycles. The average Bonchev–Trinajstić information content (AvgIpc) is 3.60. The van der Waals surface area contributed by atoms with Gasteiger partial charge in [0.2, 0.25) is 0 Å². The number of aliphatic imine (C=N–C) groups is 1. The second-order valence-electron chi connectivity index (χ2n) is 18.7. The number of methoxy groups -OCH3 is 1. The number of carboxylic acid groups (broad SMARTS) is 1. The first kappa shape index (κ1) is 42.0. The van der Waals surface area contributed by atoms with Crippen molar-refractivity contribution >= 4 is 61.4 Å². The summed E-state index contributed by atoms with van der Waals surface area (Å²) in [5.41, 5.74) is 10.9. The number of nitrogens with zero attached hydrogens (tertiary/aromatic N) is 7. The molecule has 14 nitrogen and oxygen atoms in total. The van der Waals surface area contributed by atoms with Gasteiger partial charge in [0, 0.05) is 73.0 Å². The zero-order valence-electron chi connectivity index (χ0n) is 35.8. The number of hydrogen-bond donors (Lipinski definition) is 4. The SMILES string of the molecule is COc1ccc2sc(Nc3nnc4c(c3C)CCCN4c3ccc(/C(=C/N)C(C)=NCC45CC6(C)CC(C)(C4)CC(OCCN(C)CCCO)(C6)C5)c(C(=O)O)n3)nc2c1. The van der Waals surface area contributed by atoms with E-state index in [0.29, 0.717) is 59.1 Å². The van der Waals surface area contributed by atoms with Gasteiger partial charge in [-0.2, -0.15) is 0 Å². The Kier molecular flexibility index (Phi) is 11.4. The summed E-state index contributed by atoms with van der Waals surface area (Å²) in [5, 5.41) is 33.1. The van der Waals surface area contributed by atoms with Crippen LogP contribution in [0.15, 0.2) is 41.5 Å². The minimum absolute atomic E-state index is 0.0154. The van der Waals surface area contributed by atoms with E-state index in [-0.39, 0.29) is 34.1 Å². The van der Waals surface area contributed by atoms with Gasteiger partial charge in [-0.1, -0.05) is 25.2 Å². The highest BCUT2D eigenvalue weighted by Gasteiger charge is 2.66. The van der Waals surface area contributed by atoms with Gasteiger partial charge in [-0.05, 0) is 119 Å². The van der Waals surface area contributed by atoms with Gasteiger partial charge in [0.25, 0.3) is 0 Å². The number of benzene rings is 1. The maximum Gasteiger partial charge on any atom is 0.355 e. The molecule has 4 heterocycles. The topological polar surface area (TPSA) is 184 Å². The second-order valence-corrected chi connectivity index (χ2v) is 19.7. The minimum atomic E-state index is -1.14. The molecule has 4 aromatic rings. The molecule has 4 fully saturated rings. The molecule has 1 aliphatic heterocycles. The highest BCUT2D eigenvalue weighted by atomic mass is 32.1. The Bertz CT molecular complexity index is 2330. The van der Waals surface area contributed by atoms with Crippen molar-refractivity contribution in [2.75, 3.05) is 63.8 Å². The Morgan fingerprint density at radius 2 is 1.87 bits per heavy atom. The predicted molar refractivity (Wildman–Crippen MR) is 237 cm³/mol. The fourth-order valence-corrected chi connectivity index (χ4v) is 12.7. The van der Waals surface area contributed by atoms with E-state index >= 15 is 0 Å². The van der Waals surface area contributed by atoms with E-state index in [1.165, 1.54) is 24.0 Å². The van der Waals surface area contributed by atoms with Crippen LogP contribution in [0.4, 0.5) is 22.6 Å². The number of anilines is 4. The molecule has 4 bridgehead atoms. The van der Waals surface area contributed by atoms with Crippen LogP contribution in [0.1, 0.15) is 99.3 Å². The third-order valence-electron chi connectivity index (χ3n) is 13.3. The van der Waals surface area contributed by atoms with Crippen molar-refractivity contribution in [3.05, 3.63) is 58.9 Å². The number of nitrogens with one attached hydrogen (secondary N) is 1. The van der Waals surface area contributed by atoms with Gasteiger partial charge in [0.05, 0.1) is 29.5 Å². The molecule has 15 heteroatoms. The highest BCUT2D eigenvalue weighted by Crippen LogP contribution is 2.71. The van der Waals surface area contributed by atoms with Crippen LogP contribution in [0.25, 0.3) is 15.8 Å². The van der Waals surface area contributed by atoms with Gasteiger partial charge >= 0.3 is 5.97 Å². The number of allylic oxidation sites excluding steroid dienone is 1. The number of rotatable bonds is 16. The molecule has 0 spiro atoms. The van der Waals surface area contributed by atoms with Crippen LogP contribution >= 0.6 is 11.3 Å². The molecule has 9 rings (SSSR count). The summed E-state index contributed by atoms with van der Waals surface area (Å²) in [5.74, 6) is 1.38. The van der Waals surface area contributed by atoms with Crippen LogP contribution in [-0.2, 0) is 11.2 Å². The highest BCUT2D eigenvalue weighted by molar-refractivity contribution is 7.22. The number of nitrogens with two attached hydrogens (primary N) is 1. The average molecular weight is 838 g/mol. The quantitative estimate of drug-likeness (QED) is 0.0813. The van der Waals surface area contributed by atoms with Gasteiger partial charge in [-0.15, -0.1) is 10.2 Å². The number of aliphatic hydroxyl groups is 1. The second kappa shape index (κ2) is 16.3.